The van der Waals surface area contributed by atoms with Crippen LogP contribution in [0.15, 0.2) is 30.3 Å². The fraction of sp³-hybridized carbons (Fsp3) is 0.647. The smallest absolute Gasteiger partial charge is 0.157 e. The summed E-state index contributed by atoms with van der Waals surface area (Å²) in [5.41, 5.74) is 7.21. The number of sulfone groups is 1. The predicted octanol–water partition coefficient (Wildman–Crippen LogP) is 3.46. The second kappa shape index (κ2) is 6.93. The second-order valence-corrected chi connectivity index (χ2v) is 8.82. The SMILES string of the molecule is CCC(C(N)c1ccccc1)S(=O)(=O)C1CCCC(C)C1. The van der Waals surface area contributed by atoms with Gasteiger partial charge in [0, 0.05) is 6.04 Å². The maximum Gasteiger partial charge on any atom is 0.157 e. The largest absolute Gasteiger partial charge is 0.323 e. The Morgan fingerprint density at radius 3 is 2.48 bits per heavy atom. The average molecular weight is 309 g/mol. The van der Waals surface area contributed by atoms with E-state index < -0.39 is 21.1 Å². The van der Waals surface area contributed by atoms with Crippen LogP contribution in [-0.4, -0.2) is 18.9 Å². The highest BCUT2D eigenvalue weighted by molar-refractivity contribution is 7.92. The molecule has 0 amide bonds. The Labute approximate surface area is 128 Å². The van der Waals surface area contributed by atoms with Gasteiger partial charge in [-0.3, -0.25) is 0 Å². The van der Waals surface area contributed by atoms with Gasteiger partial charge in [0.2, 0.25) is 0 Å². The predicted molar refractivity (Wildman–Crippen MR) is 87.8 cm³/mol. The molecule has 0 aromatic heterocycles. The third-order valence-corrected chi connectivity index (χ3v) is 7.59. The van der Waals surface area contributed by atoms with Crippen LogP contribution in [0.4, 0.5) is 0 Å². The zero-order chi connectivity index (χ0) is 15.5. The zero-order valence-corrected chi connectivity index (χ0v) is 13.9. The molecule has 1 saturated carbocycles. The Morgan fingerprint density at radius 2 is 1.90 bits per heavy atom. The van der Waals surface area contributed by atoms with Gasteiger partial charge >= 0.3 is 0 Å². The molecule has 4 unspecified atom stereocenters. The summed E-state index contributed by atoms with van der Waals surface area (Å²) >= 11 is 0. The van der Waals surface area contributed by atoms with Gasteiger partial charge in [-0.2, -0.15) is 0 Å². The minimum Gasteiger partial charge on any atom is -0.323 e. The van der Waals surface area contributed by atoms with Gasteiger partial charge in [0.25, 0.3) is 0 Å². The molecule has 4 heteroatoms. The maximum atomic E-state index is 13.0. The van der Waals surface area contributed by atoms with Gasteiger partial charge in [0.05, 0.1) is 10.5 Å². The van der Waals surface area contributed by atoms with Crippen LogP contribution in [0.5, 0.6) is 0 Å². The molecule has 21 heavy (non-hydrogen) atoms. The van der Waals surface area contributed by atoms with Crippen molar-refractivity contribution in [3.8, 4) is 0 Å². The van der Waals surface area contributed by atoms with Crippen molar-refractivity contribution in [3.05, 3.63) is 35.9 Å². The van der Waals surface area contributed by atoms with Crippen molar-refractivity contribution in [2.45, 2.75) is 62.5 Å². The lowest BCUT2D eigenvalue weighted by atomic mass is 9.90. The van der Waals surface area contributed by atoms with Crippen molar-refractivity contribution in [1.29, 1.82) is 0 Å². The lowest BCUT2D eigenvalue weighted by molar-refractivity contribution is 0.378. The minimum absolute atomic E-state index is 0.207. The fourth-order valence-corrected chi connectivity index (χ4v) is 6.12. The molecule has 0 radical (unpaired) electrons. The Kier molecular flexibility index (Phi) is 5.44. The molecule has 1 aromatic rings. The fourth-order valence-electron chi connectivity index (χ4n) is 3.50. The standard InChI is InChI=1S/C17H27NO2S/c1-3-16(17(18)14-9-5-4-6-10-14)21(19,20)15-11-7-8-13(2)12-15/h4-6,9-10,13,15-17H,3,7-8,11-12,18H2,1-2H3. The van der Waals surface area contributed by atoms with E-state index >= 15 is 0 Å². The molecule has 4 atom stereocenters. The van der Waals surface area contributed by atoms with E-state index in [-0.39, 0.29) is 5.25 Å². The Morgan fingerprint density at radius 1 is 1.24 bits per heavy atom. The monoisotopic (exact) mass is 309 g/mol. The summed E-state index contributed by atoms with van der Waals surface area (Å²) in [6, 6.07) is 9.17. The van der Waals surface area contributed by atoms with Crippen LogP contribution in [0.1, 0.15) is 57.6 Å². The van der Waals surface area contributed by atoms with E-state index in [4.69, 9.17) is 5.73 Å². The Hall–Kier alpha value is -0.870. The first-order valence-corrected chi connectivity index (χ1v) is 9.61. The van der Waals surface area contributed by atoms with Gasteiger partial charge in [-0.1, -0.05) is 57.0 Å². The summed E-state index contributed by atoms with van der Waals surface area (Å²) < 4.78 is 26.0. The second-order valence-electron chi connectivity index (χ2n) is 6.37. The lowest BCUT2D eigenvalue weighted by Gasteiger charge is -2.32. The van der Waals surface area contributed by atoms with E-state index in [0.717, 1.165) is 31.2 Å². The summed E-state index contributed by atoms with van der Waals surface area (Å²) in [5, 5.41) is -0.684. The van der Waals surface area contributed by atoms with E-state index in [2.05, 4.69) is 6.92 Å². The molecule has 0 saturated heterocycles. The first-order valence-electron chi connectivity index (χ1n) is 8.00. The molecule has 1 aliphatic rings. The number of rotatable bonds is 5. The molecule has 0 bridgehead atoms. The topological polar surface area (TPSA) is 60.2 Å². The molecule has 0 aliphatic heterocycles. The van der Waals surface area contributed by atoms with E-state index in [1.54, 1.807) is 0 Å². The zero-order valence-electron chi connectivity index (χ0n) is 13.0. The number of hydrogen-bond acceptors (Lipinski definition) is 3. The van der Waals surface area contributed by atoms with Crippen molar-refractivity contribution in [1.82, 2.24) is 0 Å². The van der Waals surface area contributed by atoms with Gasteiger partial charge < -0.3 is 5.73 Å². The summed E-state index contributed by atoms with van der Waals surface area (Å²) in [7, 11) is -3.18. The summed E-state index contributed by atoms with van der Waals surface area (Å²) in [5.74, 6) is 0.504. The van der Waals surface area contributed by atoms with Crippen molar-refractivity contribution in [3.63, 3.8) is 0 Å². The van der Waals surface area contributed by atoms with E-state index in [1.807, 2.05) is 37.3 Å². The first kappa shape index (κ1) is 16.5. The summed E-state index contributed by atoms with van der Waals surface area (Å²) in [4.78, 5) is 0. The van der Waals surface area contributed by atoms with E-state index in [1.165, 1.54) is 0 Å². The third kappa shape index (κ3) is 3.67. The number of benzene rings is 1. The lowest BCUT2D eigenvalue weighted by Crippen LogP contribution is -2.41. The molecule has 1 fully saturated rings. The van der Waals surface area contributed by atoms with Crippen molar-refractivity contribution in [2.24, 2.45) is 11.7 Å². The number of nitrogens with two attached hydrogens (primary N) is 1. The Balaban J connectivity index is 2.23. The van der Waals surface area contributed by atoms with Crippen molar-refractivity contribution >= 4 is 9.84 Å². The highest BCUT2D eigenvalue weighted by Crippen LogP contribution is 2.34. The maximum absolute atomic E-state index is 13.0. The molecule has 118 valence electrons. The molecule has 0 heterocycles. The average Bonchev–Trinajstić information content (AvgIpc) is 2.48. The van der Waals surface area contributed by atoms with Crippen LogP contribution in [0.2, 0.25) is 0 Å². The molecule has 0 spiro atoms. The molecular formula is C17H27NO2S. The minimum atomic E-state index is -3.18. The summed E-state index contributed by atoms with van der Waals surface area (Å²) in [6.45, 7) is 4.08. The summed E-state index contributed by atoms with van der Waals surface area (Å²) in [6.07, 6.45) is 4.32. The van der Waals surface area contributed by atoms with Gasteiger partial charge in [-0.05, 0) is 30.7 Å². The molecule has 3 nitrogen and oxygen atoms in total. The van der Waals surface area contributed by atoms with Gasteiger partial charge in [0.1, 0.15) is 0 Å². The first-order chi connectivity index (χ1) is 9.96. The van der Waals surface area contributed by atoms with Gasteiger partial charge in [-0.15, -0.1) is 0 Å². The van der Waals surface area contributed by atoms with Crippen LogP contribution < -0.4 is 5.73 Å². The van der Waals surface area contributed by atoms with Crippen LogP contribution in [0.3, 0.4) is 0 Å². The molecule has 2 rings (SSSR count). The van der Waals surface area contributed by atoms with Gasteiger partial charge in [0.15, 0.2) is 9.84 Å². The number of hydrogen-bond donors (Lipinski definition) is 1. The molecular weight excluding hydrogens is 282 g/mol. The molecule has 1 aromatic carbocycles. The van der Waals surface area contributed by atoms with Gasteiger partial charge in [-0.25, -0.2) is 8.42 Å². The van der Waals surface area contributed by atoms with Crippen LogP contribution in [-0.2, 0) is 9.84 Å². The highest BCUT2D eigenvalue weighted by atomic mass is 32.2. The van der Waals surface area contributed by atoms with Crippen LogP contribution >= 0.6 is 0 Å². The van der Waals surface area contributed by atoms with E-state index in [0.29, 0.717) is 12.3 Å². The quantitative estimate of drug-likeness (QED) is 0.906. The highest BCUT2D eigenvalue weighted by Gasteiger charge is 2.38. The van der Waals surface area contributed by atoms with E-state index in [9.17, 15) is 8.42 Å². The van der Waals surface area contributed by atoms with Crippen LogP contribution in [0.25, 0.3) is 0 Å². The molecule has 2 N–H and O–H groups in total. The van der Waals surface area contributed by atoms with Crippen molar-refractivity contribution in [2.75, 3.05) is 0 Å². The molecule has 1 aliphatic carbocycles. The normalized spacial score (nSPS) is 26.2. The third-order valence-electron chi connectivity index (χ3n) is 4.76. The van der Waals surface area contributed by atoms with Crippen molar-refractivity contribution < 1.29 is 8.42 Å². The Bertz CT molecular complexity index is 541. The van der Waals surface area contributed by atoms with Crippen LogP contribution in [0, 0.1) is 5.92 Å².